The summed E-state index contributed by atoms with van der Waals surface area (Å²) in [7, 11) is -3.21. The largest absolute Gasteiger partial charge is 0.342 e. The molecule has 0 N–H and O–H groups in total. The molecule has 0 aliphatic carbocycles. The maximum absolute atomic E-state index is 12.4. The molecule has 0 saturated carbocycles. The quantitative estimate of drug-likeness (QED) is 0.802. The molecule has 1 heterocycles. The number of nitrogens with zero attached hydrogens (tertiary/aromatic N) is 1. The van der Waals surface area contributed by atoms with Crippen molar-refractivity contribution < 1.29 is 13.2 Å². The Morgan fingerprint density at radius 1 is 1.29 bits per heavy atom. The van der Waals surface area contributed by atoms with E-state index in [1.165, 1.54) is 0 Å². The molecule has 21 heavy (non-hydrogen) atoms. The molecule has 0 spiro atoms. The lowest BCUT2D eigenvalue weighted by atomic mass is 10.1. The highest BCUT2D eigenvalue weighted by molar-refractivity contribution is 7.91. The summed E-state index contributed by atoms with van der Waals surface area (Å²) in [6, 6.07) is 9.26. The molecule has 2 rings (SSSR count). The molecular formula is C16H21NO3S. The summed E-state index contributed by atoms with van der Waals surface area (Å²) < 4.78 is 24.9. The molecule has 1 saturated heterocycles. The normalized spacial score (nSPS) is 21.5. The van der Waals surface area contributed by atoms with E-state index in [1.54, 1.807) is 11.0 Å². The van der Waals surface area contributed by atoms with Gasteiger partial charge in [0.25, 0.3) is 0 Å². The number of amides is 1. The van der Waals surface area contributed by atoms with Crippen LogP contribution in [-0.4, -0.2) is 38.1 Å². The van der Waals surface area contributed by atoms with Gasteiger partial charge in [0.15, 0.2) is 9.84 Å². The third kappa shape index (κ3) is 3.94. The summed E-state index contributed by atoms with van der Waals surface area (Å²) >= 11 is 0. The van der Waals surface area contributed by atoms with Crippen LogP contribution in [0.2, 0.25) is 0 Å². The lowest BCUT2D eigenvalue weighted by Gasteiger charge is -2.19. The number of benzene rings is 1. The van der Waals surface area contributed by atoms with Gasteiger partial charge in [-0.15, -0.1) is 6.58 Å². The molecule has 0 aromatic heterocycles. The van der Waals surface area contributed by atoms with Gasteiger partial charge < -0.3 is 4.90 Å². The molecule has 1 aromatic rings. The molecule has 5 heteroatoms. The zero-order valence-corrected chi connectivity index (χ0v) is 12.9. The Balaban J connectivity index is 2.13. The van der Waals surface area contributed by atoms with E-state index in [0.29, 0.717) is 32.4 Å². The van der Waals surface area contributed by atoms with E-state index in [0.717, 1.165) is 5.56 Å². The van der Waals surface area contributed by atoms with Gasteiger partial charge in [-0.2, -0.15) is 0 Å². The van der Waals surface area contributed by atoms with E-state index in [4.69, 9.17) is 0 Å². The number of hydrogen-bond acceptors (Lipinski definition) is 3. The third-order valence-electron chi connectivity index (χ3n) is 3.83. The number of carbonyl (C=O) groups is 1. The van der Waals surface area contributed by atoms with Crippen LogP contribution in [0.3, 0.4) is 0 Å². The number of allylic oxidation sites excluding steroid dienone is 1. The van der Waals surface area contributed by atoms with Crippen molar-refractivity contribution in [3.05, 3.63) is 48.6 Å². The van der Waals surface area contributed by atoms with Crippen molar-refractivity contribution in [1.29, 1.82) is 0 Å². The third-order valence-corrected chi connectivity index (χ3v) is 5.95. The maximum atomic E-state index is 12.4. The second kappa shape index (κ2) is 6.89. The fourth-order valence-electron chi connectivity index (χ4n) is 2.62. The fourth-order valence-corrected chi connectivity index (χ4v) is 4.41. The molecule has 0 bridgehead atoms. The fraction of sp³-hybridized carbons (Fsp3) is 0.438. The first-order valence-electron chi connectivity index (χ1n) is 7.20. The summed E-state index contributed by atoms with van der Waals surface area (Å²) in [5, 5.41) is -0.504. The molecule has 1 atom stereocenters. The van der Waals surface area contributed by atoms with Crippen molar-refractivity contribution in [2.45, 2.75) is 24.5 Å². The second-order valence-electron chi connectivity index (χ2n) is 5.26. The SMILES string of the molecule is C=CCCC(=O)N1CCC(c2ccccc2)S(=O)(=O)CC1. The first kappa shape index (κ1) is 15.8. The Morgan fingerprint density at radius 3 is 2.67 bits per heavy atom. The van der Waals surface area contributed by atoms with Gasteiger partial charge in [0.05, 0.1) is 11.0 Å². The van der Waals surface area contributed by atoms with Gasteiger partial charge in [0.2, 0.25) is 5.91 Å². The lowest BCUT2D eigenvalue weighted by Crippen LogP contribution is -2.33. The van der Waals surface area contributed by atoms with Crippen LogP contribution in [0.5, 0.6) is 0 Å². The zero-order valence-electron chi connectivity index (χ0n) is 12.1. The molecule has 4 nitrogen and oxygen atoms in total. The number of rotatable bonds is 4. The van der Waals surface area contributed by atoms with Crippen LogP contribution in [0.1, 0.15) is 30.1 Å². The Morgan fingerprint density at radius 2 is 2.00 bits per heavy atom. The van der Waals surface area contributed by atoms with Gasteiger partial charge in [-0.05, 0) is 18.4 Å². The Bertz CT molecular complexity index is 595. The van der Waals surface area contributed by atoms with Gasteiger partial charge in [0.1, 0.15) is 0 Å². The van der Waals surface area contributed by atoms with Gasteiger partial charge in [-0.1, -0.05) is 36.4 Å². The van der Waals surface area contributed by atoms with E-state index in [9.17, 15) is 13.2 Å². The summed E-state index contributed by atoms with van der Waals surface area (Å²) in [5.74, 6) is 0.0469. The van der Waals surface area contributed by atoms with Crippen LogP contribution >= 0.6 is 0 Å². The molecule has 1 unspecified atom stereocenters. The minimum atomic E-state index is -3.21. The van der Waals surface area contributed by atoms with Gasteiger partial charge in [-0.3, -0.25) is 4.79 Å². The molecule has 0 radical (unpaired) electrons. The number of hydrogen-bond donors (Lipinski definition) is 0. The summed E-state index contributed by atoms with van der Waals surface area (Å²) in [6.07, 6.45) is 3.20. The Hall–Kier alpha value is -1.62. The molecule has 1 aromatic carbocycles. The zero-order chi connectivity index (χ0) is 15.3. The Labute approximate surface area is 126 Å². The highest BCUT2D eigenvalue weighted by Gasteiger charge is 2.32. The Kier molecular flexibility index (Phi) is 5.17. The second-order valence-corrected chi connectivity index (χ2v) is 7.57. The van der Waals surface area contributed by atoms with Crippen molar-refractivity contribution in [2.24, 2.45) is 0 Å². The van der Waals surface area contributed by atoms with Gasteiger partial charge in [-0.25, -0.2) is 8.42 Å². The molecule has 1 aliphatic heterocycles. The number of sulfone groups is 1. The van der Waals surface area contributed by atoms with Gasteiger partial charge in [0, 0.05) is 19.5 Å². The van der Waals surface area contributed by atoms with E-state index >= 15 is 0 Å². The summed E-state index contributed by atoms with van der Waals surface area (Å²) in [5.41, 5.74) is 0.817. The molecule has 1 amide bonds. The first-order chi connectivity index (χ1) is 10.0. The van der Waals surface area contributed by atoms with Crippen LogP contribution in [0.25, 0.3) is 0 Å². The minimum absolute atomic E-state index is 0.0128. The van der Waals surface area contributed by atoms with Crippen molar-refractivity contribution in [1.82, 2.24) is 4.90 Å². The summed E-state index contributed by atoms with van der Waals surface area (Å²) in [6.45, 7) is 4.39. The molecular weight excluding hydrogens is 286 g/mol. The maximum Gasteiger partial charge on any atom is 0.222 e. The van der Waals surface area contributed by atoms with Crippen molar-refractivity contribution in [2.75, 3.05) is 18.8 Å². The molecule has 1 aliphatic rings. The summed E-state index contributed by atoms with van der Waals surface area (Å²) in [4.78, 5) is 13.7. The standard InChI is InChI=1S/C16H21NO3S/c1-2-3-9-16(18)17-11-10-15(21(19,20)13-12-17)14-7-5-4-6-8-14/h2,4-8,15H,1,3,9-13H2. The highest BCUT2D eigenvalue weighted by atomic mass is 32.2. The highest BCUT2D eigenvalue weighted by Crippen LogP contribution is 2.29. The smallest absolute Gasteiger partial charge is 0.222 e. The van der Waals surface area contributed by atoms with E-state index in [1.807, 2.05) is 30.3 Å². The van der Waals surface area contributed by atoms with Crippen LogP contribution in [0.15, 0.2) is 43.0 Å². The number of carbonyl (C=O) groups excluding carboxylic acids is 1. The van der Waals surface area contributed by atoms with Crippen LogP contribution < -0.4 is 0 Å². The first-order valence-corrected chi connectivity index (χ1v) is 8.91. The predicted octanol–water partition coefficient (Wildman–Crippen LogP) is 2.34. The minimum Gasteiger partial charge on any atom is -0.342 e. The van der Waals surface area contributed by atoms with Crippen LogP contribution in [0, 0.1) is 0 Å². The van der Waals surface area contributed by atoms with E-state index < -0.39 is 15.1 Å². The average Bonchev–Trinajstić information content (AvgIpc) is 2.64. The van der Waals surface area contributed by atoms with Crippen molar-refractivity contribution in [3.63, 3.8) is 0 Å². The van der Waals surface area contributed by atoms with Gasteiger partial charge >= 0.3 is 0 Å². The topological polar surface area (TPSA) is 54.5 Å². The lowest BCUT2D eigenvalue weighted by molar-refractivity contribution is -0.130. The van der Waals surface area contributed by atoms with E-state index in [2.05, 4.69) is 6.58 Å². The van der Waals surface area contributed by atoms with Crippen molar-refractivity contribution in [3.8, 4) is 0 Å². The molecule has 114 valence electrons. The van der Waals surface area contributed by atoms with Crippen LogP contribution in [-0.2, 0) is 14.6 Å². The van der Waals surface area contributed by atoms with E-state index in [-0.39, 0.29) is 11.7 Å². The van der Waals surface area contributed by atoms with Crippen molar-refractivity contribution >= 4 is 15.7 Å². The monoisotopic (exact) mass is 307 g/mol. The predicted molar refractivity (Wildman–Crippen MR) is 83.6 cm³/mol. The molecule has 1 fully saturated rings. The van der Waals surface area contributed by atoms with Crippen LogP contribution in [0.4, 0.5) is 0 Å². The average molecular weight is 307 g/mol.